The van der Waals surface area contributed by atoms with Crippen molar-refractivity contribution in [2.24, 2.45) is 5.92 Å². The maximum atomic E-state index is 11.1. The Morgan fingerprint density at radius 3 is 2.82 bits per heavy atom. The Hall–Kier alpha value is -1.05. The van der Waals surface area contributed by atoms with Crippen molar-refractivity contribution >= 4 is 5.78 Å². The van der Waals surface area contributed by atoms with Gasteiger partial charge in [0.15, 0.2) is 0 Å². The van der Waals surface area contributed by atoms with Gasteiger partial charge in [-0.1, -0.05) is 6.08 Å². The van der Waals surface area contributed by atoms with Gasteiger partial charge >= 0.3 is 0 Å². The molecule has 0 radical (unpaired) electrons. The molecule has 0 saturated carbocycles. The Balaban J connectivity index is 2.78. The van der Waals surface area contributed by atoms with Crippen LogP contribution in [-0.4, -0.2) is 10.9 Å². The highest BCUT2D eigenvalue weighted by atomic mass is 16.3. The maximum Gasteiger partial charge on any atom is 0.147 e. The standard InChI is InChI=1S/C9H12O2/c1-3-4-7-6(2)8(10)5-9(7)11/h3,7,10H,1,4-5H2,2H3. The van der Waals surface area contributed by atoms with Crippen molar-refractivity contribution in [1.82, 2.24) is 0 Å². The van der Waals surface area contributed by atoms with Gasteiger partial charge in [-0.25, -0.2) is 0 Å². The summed E-state index contributed by atoms with van der Waals surface area (Å²) in [7, 11) is 0. The fourth-order valence-corrected chi connectivity index (χ4v) is 1.35. The Morgan fingerprint density at radius 2 is 2.45 bits per heavy atom. The number of ketones is 1. The molecule has 60 valence electrons. The minimum Gasteiger partial charge on any atom is -0.512 e. The minimum atomic E-state index is -0.104. The largest absolute Gasteiger partial charge is 0.512 e. The molecular formula is C9H12O2. The lowest BCUT2D eigenvalue weighted by Gasteiger charge is -2.04. The monoisotopic (exact) mass is 152 g/mol. The summed E-state index contributed by atoms with van der Waals surface area (Å²) in [4.78, 5) is 11.1. The Kier molecular flexibility index (Phi) is 2.13. The van der Waals surface area contributed by atoms with Gasteiger partial charge in [0.25, 0.3) is 0 Å². The quantitative estimate of drug-likeness (QED) is 0.614. The Labute approximate surface area is 66.2 Å². The molecule has 0 aromatic carbocycles. The lowest BCUT2D eigenvalue weighted by Crippen LogP contribution is -2.07. The van der Waals surface area contributed by atoms with Gasteiger partial charge in [-0.15, -0.1) is 6.58 Å². The van der Waals surface area contributed by atoms with Crippen LogP contribution < -0.4 is 0 Å². The highest BCUT2D eigenvalue weighted by molar-refractivity contribution is 5.89. The molecule has 11 heavy (non-hydrogen) atoms. The zero-order chi connectivity index (χ0) is 8.43. The van der Waals surface area contributed by atoms with Gasteiger partial charge in [-0.3, -0.25) is 4.79 Å². The van der Waals surface area contributed by atoms with Crippen molar-refractivity contribution in [2.45, 2.75) is 19.8 Å². The molecule has 0 aliphatic heterocycles. The van der Waals surface area contributed by atoms with Crippen LogP contribution in [0, 0.1) is 5.92 Å². The summed E-state index contributed by atoms with van der Waals surface area (Å²) in [5, 5.41) is 9.19. The highest BCUT2D eigenvalue weighted by Gasteiger charge is 2.28. The lowest BCUT2D eigenvalue weighted by molar-refractivity contribution is -0.120. The molecule has 2 heteroatoms. The van der Waals surface area contributed by atoms with E-state index in [1.165, 1.54) is 0 Å². The molecule has 1 atom stereocenters. The van der Waals surface area contributed by atoms with Crippen LogP contribution in [0.3, 0.4) is 0 Å². The third-order valence-corrected chi connectivity index (χ3v) is 2.11. The lowest BCUT2D eigenvalue weighted by atomic mass is 9.98. The molecule has 0 bridgehead atoms. The van der Waals surface area contributed by atoms with Gasteiger partial charge in [0.1, 0.15) is 5.78 Å². The molecule has 1 N–H and O–H groups in total. The first kappa shape index (κ1) is 8.05. The van der Waals surface area contributed by atoms with Gasteiger partial charge in [0, 0.05) is 5.92 Å². The summed E-state index contributed by atoms with van der Waals surface area (Å²) in [6.45, 7) is 5.36. The van der Waals surface area contributed by atoms with E-state index in [9.17, 15) is 9.90 Å². The number of rotatable bonds is 2. The Bertz CT molecular complexity index is 226. The van der Waals surface area contributed by atoms with Crippen molar-refractivity contribution in [3.05, 3.63) is 24.0 Å². The first-order chi connectivity index (χ1) is 5.16. The third kappa shape index (κ3) is 1.34. The number of hydrogen-bond acceptors (Lipinski definition) is 2. The van der Waals surface area contributed by atoms with Crippen LogP contribution >= 0.6 is 0 Å². The average molecular weight is 152 g/mol. The van der Waals surface area contributed by atoms with Crippen LogP contribution in [0.2, 0.25) is 0 Å². The number of allylic oxidation sites excluding steroid dienone is 3. The molecule has 0 fully saturated rings. The van der Waals surface area contributed by atoms with Gasteiger partial charge in [-0.2, -0.15) is 0 Å². The third-order valence-electron chi connectivity index (χ3n) is 2.11. The summed E-state index contributed by atoms with van der Waals surface area (Å²) in [5.41, 5.74) is 0.815. The molecule has 0 heterocycles. The second kappa shape index (κ2) is 2.91. The van der Waals surface area contributed by atoms with Crippen LogP contribution in [0.1, 0.15) is 19.8 Å². The first-order valence-corrected chi connectivity index (χ1v) is 3.69. The normalized spacial score (nSPS) is 24.5. The fraction of sp³-hybridized carbons (Fsp3) is 0.444. The summed E-state index contributed by atoms with van der Waals surface area (Å²) < 4.78 is 0. The van der Waals surface area contributed by atoms with Crippen LogP contribution in [0.25, 0.3) is 0 Å². The van der Waals surface area contributed by atoms with E-state index in [1.807, 2.05) is 0 Å². The zero-order valence-corrected chi connectivity index (χ0v) is 6.63. The van der Waals surface area contributed by atoms with Gasteiger partial charge < -0.3 is 5.11 Å². The van der Waals surface area contributed by atoms with Gasteiger partial charge in [-0.05, 0) is 18.9 Å². The van der Waals surface area contributed by atoms with E-state index in [4.69, 9.17) is 0 Å². The minimum absolute atomic E-state index is 0.104. The average Bonchev–Trinajstić information content (AvgIpc) is 2.17. The molecule has 0 aromatic heterocycles. The second-order valence-corrected chi connectivity index (χ2v) is 2.85. The van der Waals surface area contributed by atoms with Crippen LogP contribution in [0.5, 0.6) is 0 Å². The summed E-state index contributed by atoms with van der Waals surface area (Å²) in [6.07, 6.45) is 2.57. The predicted octanol–water partition coefficient (Wildman–Crippen LogP) is 1.98. The van der Waals surface area contributed by atoms with E-state index in [-0.39, 0.29) is 23.9 Å². The molecule has 2 nitrogen and oxygen atoms in total. The second-order valence-electron chi connectivity index (χ2n) is 2.85. The fourth-order valence-electron chi connectivity index (χ4n) is 1.35. The van der Waals surface area contributed by atoms with E-state index < -0.39 is 0 Å². The molecule has 1 unspecified atom stereocenters. The van der Waals surface area contributed by atoms with E-state index >= 15 is 0 Å². The number of carbonyl (C=O) groups excluding carboxylic acids is 1. The number of aliphatic hydroxyl groups is 1. The van der Waals surface area contributed by atoms with Crippen LogP contribution in [-0.2, 0) is 4.79 Å². The summed E-state index contributed by atoms with van der Waals surface area (Å²) in [6, 6.07) is 0. The molecule has 1 aliphatic carbocycles. The van der Waals surface area contributed by atoms with Gasteiger partial charge in [0.2, 0.25) is 0 Å². The van der Waals surface area contributed by atoms with Crippen LogP contribution in [0.15, 0.2) is 24.0 Å². The number of hydrogen-bond donors (Lipinski definition) is 1. The molecule has 1 rings (SSSR count). The Morgan fingerprint density at radius 1 is 1.82 bits per heavy atom. The van der Waals surface area contributed by atoms with E-state index in [2.05, 4.69) is 6.58 Å². The molecule has 1 aliphatic rings. The first-order valence-electron chi connectivity index (χ1n) is 3.69. The molecule has 0 saturated heterocycles. The predicted molar refractivity (Wildman–Crippen MR) is 43.3 cm³/mol. The van der Waals surface area contributed by atoms with Crippen LogP contribution in [0.4, 0.5) is 0 Å². The number of aliphatic hydroxyl groups excluding tert-OH is 1. The summed E-state index contributed by atoms with van der Waals surface area (Å²) >= 11 is 0. The molecule has 0 spiro atoms. The molecular weight excluding hydrogens is 140 g/mol. The van der Waals surface area contributed by atoms with E-state index in [0.29, 0.717) is 6.42 Å². The zero-order valence-electron chi connectivity index (χ0n) is 6.63. The summed E-state index contributed by atoms with van der Waals surface area (Å²) in [5.74, 6) is 0.259. The number of Topliss-reactive ketones (excluding diaryl/α,β-unsaturated/α-hetero) is 1. The van der Waals surface area contributed by atoms with E-state index in [0.717, 1.165) is 5.57 Å². The van der Waals surface area contributed by atoms with E-state index in [1.54, 1.807) is 13.0 Å². The highest BCUT2D eigenvalue weighted by Crippen LogP contribution is 2.29. The van der Waals surface area contributed by atoms with Crippen molar-refractivity contribution in [3.8, 4) is 0 Å². The van der Waals surface area contributed by atoms with Crippen molar-refractivity contribution in [2.75, 3.05) is 0 Å². The van der Waals surface area contributed by atoms with Crippen molar-refractivity contribution < 1.29 is 9.90 Å². The molecule has 0 aromatic rings. The van der Waals surface area contributed by atoms with Gasteiger partial charge in [0.05, 0.1) is 12.2 Å². The topological polar surface area (TPSA) is 37.3 Å². The van der Waals surface area contributed by atoms with Crippen molar-refractivity contribution in [3.63, 3.8) is 0 Å². The number of carbonyl (C=O) groups is 1. The van der Waals surface area contributed by atoms with Crippen molar-refractivity contribution in [1.29, 1.82) is 0 Å². The maximum absolute atomic E-state index is 11.1. The molecule has 0 amide bonds. The smallest absolute Gasteiger partial charge is 0.147 e. The SMILES string of the molecule is C=CCC1C(=O)CC(O)=C1C.